The van der Waals surface area contributed by atoms with E-state index >= 15 is 0 Å². The van der Waals surface area contributed by atoms with Crippen LogP contribution in [-0.4, -0.2) is 24.2 Å². The van der Waals surface area contributed by atoms with Gasteiger partial charge in [0.1, 0.15) is 5.00 Å². The van der Waals surface area contributed by atoms with Gasteiger partial charge in [0.25, 0.3) is 17.6 Å². The molecule has 0 saturated carbocycles. The minimum atomic E-state index is -0.986. The molecule has 3 aromatic rings. The summed E-state index contributed by atoms with van der Waals surface area (Å²) in [6.45, 7) is -0.643. The molecule has 2 aromatic carbocycles. The number of ketones is 1. The summed E-state index contributed by atoms with van der Waals surface area (Å²) in [6, 6.07) is 16.3. The lowest BCUT2D eigenvalue weighted by atomic mass is 10.1. The van der Waals surface area contributed by atoms with Crippen molar-refractivity contribution in [1.82, 2.24) is 0 Å². The Morgan fingerprint density at radius 1 is 1.04 bits per heavy atom. The number of ether oxygens (including phenoxy) is 1. The number of amides is 2. The zero-order chi connectivity index (χ0) is 20.1. The number of carbonyl (C=O) groups is 3. The quantitative estimate of drug-likeness (QED) is 0.597. The average Bonchev–Trinajstić information content (AvgIpc) is 3.12. The van der Waals surface area contributed by atoms with Gasteiger partial charge in [0.15, 0.2) is 18.2 Å². The molecule has 3 N–H and O–H groups in total. The number of nitrogens with one attached hydrogen (secondary N) is 1. The summed E-state index contributed by atoms with van der Waals surface area (Å²) in [5.41, 5.74) is 6.31. The molecule has 0 radical (unpaired) electrons. The van der Waals surface area contributed by atoms with Crippen molar-refractivity contribution in [2.24, 2.45) is 5.73 Å². The molecule has 0 saturated heterocycles. The standard InChI is InChI=1S/C20H15FN2O4S/c21-14-8-4-5-9-16(14)27-11-15(24)19(26)23-20-13(18(22)25)10-17(28-20)12-6-2-1-3-7-12/h1-10H,11H2,(H2,22,25)(H,23,26). The Hall–Kier alpha value is -3.52. The van der Waals surface area contributed by atoms with E-state index in [9.17, 15) is 18.8 Å². The van der Waals surface area contributed by atoms with Gasteiger partial charge in [0.05, 0.1) is 5.56 Å². The highest BCUT2D eigenvalue weighted by molar-refractivity contribution is 7.20. The smallest absolute Gasteiger partial charge is 0.296 e. The number of primary amides is 1. The van der Waals surface area contributed by atoms with Crippen molar-refractivity contribution < 1.29 is 23.5 Å². The second-order valence-corrected chi connectivity index (χ2v) is 6.73. The highest BCUT2D eigenvalue weighted by Gasteiger charge is 2.21. The van der Waals surface area contributed by atoms with Gasteiger partial charge in [-0.25, -0.2) is 4.39 Å². The van der Waals surface area contributed by atoms with Crippen molar-refractivity contribution in [3.8, 4) is 16.2 Å². The molecule has 0 unspecified atom stereocenters. The molecule has 0 aliphatic carbocycles. The predicted octanol–water partition coefficient (Wildman–Crippen LogP) is 3.24. The summed E-state index contributed by atoms with van der Waals surface area (Å²) >= 11 is 1.12. The van der Waals surface area contributed by atoms with Gasteiger partial charge in [-0.3, -0.25) is 14.4 Å². The average molecular weight is 398 g/mol. The number of hydrogen-bond donors (Lipinski definition) is 2. The van der Waals surface area contributed by atoms with E-state index in [1.54, 1.807) is 12.1 Å². The number of nitrogens with two attached hydrogens (primary N) is 1. The molecule has 3 rings (SSSR count). The summed E-state index contributed by atoms with van der Waals surface area (Å²) in [5, 5.41) is 2.55. The van der Waals surface area contributed by atoms with Gasteiger partial charge >= 0.3 is 0 Å². The van der Waals surface area contributed by atoms with Gasteiger partial charge in [-0.1, -0.05) is 42.5 Å². The van der Waals surface area contributed by atoms with Crippen molar-refractivity contribution in [1.29, 1.82) is 0 Å². The Bertz CT molecular complexity index is 1030. The normalized spacial score (nSPS) is 10.3. The van der Waals surface area contributed by atoms with E-state index in [1.165, 1.54) is 18.2 Å². The van der Waals surface area contributed by atoms with Crippen LogP contribution >= 0.6 is 11.3 Å². The van der Waals surface area contributed by atoms with Crippen molar-refractivity contribution in [2.75, 3.05) is 11.9 Å². The fourth-order valence-electron chi connectivity index (χ4n) is 2.36. The van der Waals surface area contributed by atoms with Crippen LogP contribution in [0.25, 0.3) is 10.4 Å². The lowest BCUT2D eigenvalue weighted by Gasteiger charge is -2.07. The first-order valence-electron chi connectivity index (χ1n) is 8.16. The van der Waals surface area contributed by atoms with Crippen LogP contribution in [0.5, 0.6) is 5.75 Å². The second-order valence-electron chi connectivity index (χ2n) is 5.68. The Labute approximate surface area is 163 Å². The van der Waals surface area contributed by atoms with Crippen molar-refractivity contribution in [3.63, 3.8) is 0 Å². The molecule has 0 fully saturated rings. The SMILES string of the molecule is NC(=O)c1cc(-c2ccccc2)sc1NC(=O)C(=O)COc1ccccc1F. The monoisotopic (exact) mass is 398 g/mol. The molecule has 142 valence electrons. The third-order valence-electron chi connectivity index (χ3n) is 3.73. The van der Waals surface area contributed by atoms with E-state index in [4.69, 9.17) is 10.5 Å². The minimum absolute atomic E-state index is 0.0972. The molecule has 8 heteroatoms. The zero-order valence-corrected chi connectivity index (χ0v) is 15.3. The number of hydrogen-bond acceptors (Lipinski definition) is 5. The third-order valence-corrected chi connectivity index (χ3v) is 4.83. The summed E-state index contributed by atoms with van der Waals surface area (Å²) in [5.74, 6) is -3.42. The molecule has 28 heavy (non-hydrogen) atoms. The van der Waals surface area contributed by atoms with E-state index in [0.717, 1.165) is 16.9 Å². The Morgan fingerprint density at radius 3 is 2.39 bits per heavy atom. The lowest BCUT2D eigenvalue weighted by molar-refractivity contribution is -0.136. The molecular formula is C20H15FN2O4S. The van der Waals surface area contributed by atoms with Crippen molar-refractivity contribution >= 4 is 33.9 Å². The van der Waals surface area contributed by atoms with Gasteiger partial charge in [-0.2, -0.15) is 0 Å². The predicted molar refractivity (Wildman–Crippen MR) is 104 cm³/mol. The van der Waals surface area contributed by atoms with Gasteiger partial charge in [-0.05, 0) is 23.8 Å². The maximum Gasteiger partial charge on any atom is 0.296 e. The van der Waals surface area contributed by atoms with Crippen LogP contribution in [0.1, 0.15) is 10.4 Å². The Balaban J connectivity index is 1.72. The second kappa shape index (κ2) is 8.45. The minimum Gasteiger partial charge on any atom is -0.482 e. The highest BCUT2D eigenvalue weighted by atomic mass is 32.1. The Kier molecular flexibility index (Phi) is 5.81. The molecule has 6 nitrogen and oxygen atoms in total. The molecule has 1 heterocycles. The maximum atomic E-state index is 13.5. The maximum absolute atomic E-state index is 13.5. The number of rotatable bonds is 7. The zero-order valence-electron chi connectivity index (χ0n) is 14.5. The number of para-hydroxylation sites is 1. The molecule has 2 amide bonds. The fraction of sp³-hybridized carbons (Fsp3) is 0.0500. The summed E-state index contributed by atoms with van der Waals surface area (Å²) in [7, 11) is 0. The van der Waals surface area contributed by atoms with Crippen LogP contribution in [0, 0.1) is 5.82 Å². The first kappa shape index (κ1) is 19.2. The van der Waals surface area contributed by atoms with E-state index in [0.29, 0.717) is 4.88 Å². The summed E-state index contributed by atoms with van der Waals surface area (Å²) in [4.78, 5) is 36.6. The number of thiophene rings is 1. The van der Waals surface area contributed by atoms with Gasteiger partial charge in [-0.15, -0.1) is 11.3 Å². The molecule has 0 bridgehead atoms. The van der Waals surface area contributed by atoms with E-state index in [-0.39, 0.29) is 16.3 Å². The number of benzene rings is 2. The summed E-state index contributed by atoms with van der Waals surface area (Å²) in [6.07, 6.45) is 0. The van der Waals surface area contributed by atoms with Gasteiger partial charge in [0, 0.05) is 4.88 Å². The van der Waals surface area contributed by atoms with E-state index in [1.807, 2.05) is 30.3 Å². The molecule has 1 aromatic heterocycles. The summed E-state index contributed by atoms with van der Waals surface area (Å²) < 4.78 is 18.5. The van der Waals surface area contributed by atoms with Gasteiger partial charge < -0.3 is 15.8 Å². The van der Waals surface area contributed by atoms with Crippen LogP contribution in [-0.2, 0) is 9.59 Å². The topological polar surface area (TPSA) is 98.5 Å². The molecule has 0 aliphatic rings. The first-order chi connectivity index (χ1) is 13.5. The molecule has 0 aliphatic heterocycles. The van der Waals surface area contributed by atoms with Crippen LogP contribution in [0.4, 0.5) is 9.39 Å². The number of halogens is 1. The molecule has 0 atom stereocenters. The van der Waals surface area contributed by atoms with Crippen LogP contribution < -0.4 is 15.8 Å². The molecular weight excluding hydrogens is 383 g/mol. The highest BCUT2D eigenvalue weighted by Crippen LogP contribution is 2.35. The van der Waals surface area contributed by atoms with Crippen LogP contribution in [0.3, 0.4) is 0 Å². The lowest BCUT2D eigenvalue weighted by Crippen LogP contribution is -2.28. The Morgan fingerprint density at radius 2 is 1.71 bits per heavy atom. The number of anilines is 1. The van der Waals surface area contributed by atoms with Crippen molar-refractivity contribution in [3.05, 3.63) is 72.0 Å². The van der Waals surface area contributed by atoms with Crippen LogP contribution in [0.2, 0.25) is 0 Å². The van der Waals surface area contributed by atoms with Gasteiger partial charge in [0.2, 0.25) is 0 Å². The van der Waals surface area contributed by atoms with E-state index in [2.05, 4.69) is 5.32 Å². The largest absolute Gasteiger partial charge is 0.482 e. The number of Topliss-reactive ketones (excluding diaryl/α,β-unsaturated/α-hetero) is 1. The molecule has 0 spiro atoms. The third kappa shape index (κ3) is 4.41. The number of carbonyl (C=O) groups excluding carboxylic acids is 3. The van der Waals surface area contributed by atoms with E-state index < -0.39 is 30.0 Å². The fourth-order valence-corrected chi connectivity index (χ4v) is 3.42. The van der Waals surface area contributed by atoms with Crippen molar-refractivity contribution in [2.45, 2.75) is 0 Å². The van der Waals surface area contributed by atoms with Crippen LogP contribution in [0.15, 0.2) is 60.7 Å². The first-order valence-corrected chi connectivity index (χ1v) is 8.98.